The number of hydrogen-bond acceptors (Lipinski definition) is 4. The predicted molar refractivity (Wildman–Crippen MR) is 149 cm³/mol. The SMILES string of the molecule is COc1cccc2c(C(=O)NCC(C)C)cn(CCCN3C4CCC3CC(Oc3ccc(Cl)cc3)C4)c12. The van der Waals surface area contributed by atoms with Crippen LogP contribution < -0.4 is 14.8 Å². The Kier molecular flexibility index (Phi) is 7.96. The third-order valence-corrected chi connectivity index (χ3v) is 8.02. The van der Waals surface area contributed by atoms with Crippen LogP contribution in [0.25, 0.3) is 10.9 Å². The minimum absolute atomic E-state index is 0.0218. The summed E-state index contributed by atoms with van der Waals surface area (Å²) < 4.78 is 14.2. The topological polar surface area (TPSA) is 55.7 Å². The van der Waals surface area contributed by atoms with Crippen LogP contribution in [-0.2, 0) is 6.54 Å². The number of hydrogen-bond donors (Lipinski definition) is 1. The summed E-state index contributed by atoms with van der Waals surface area (Å²) >= 11 is 6.02. The number of para-hydroxylation sites is 1. The Hall–Kier alpha value is -2.70. The number of nitrogens with zero attached hydrogens (tertiary/aromatic N) is 2. The van der Waals surface area contributed by atoms with Crippen molar-refractivity contribution in [3.8, 4) is 11.5 Å². The third-order valence-electron chi connectivity index (χ3n) is 7.77. The van der Waals surface area contributed by atoms with Gasteiger partial charge < -0.3 is 19.4 Å². The highest BCUT2D eigenvalue weighted by Crippen LogP contribution is 2.38. The molecule has 2 aliphatic heterocycles. The van der Waals surface area contributed by atoms with Crippen LogP contribution in [0.2, 0.25) is 5.02 Å². The lowest BCUT2D eigenvalue weighted by molar-refractivity contribution is 0.0482. The Morgan fingerprint density at radius 1 is 1.08 bits per heavy atom. The Morgan fingerprint density at radius 3 is 2.49 bits per heavy atom. The van der Waals surface area contributed by atoms with Gasteiger partial charge in [0, 0.05) is 48.3 Å². The molecule has 1 amide bonds. The number of amides is 1. The largest absolute Gasteiger partial charge is 0.495 e. The number of aromatic nitrogens is 1. The van der Waals surface area contributed by atoms with Crippen molar-refractivity contribution >= 4 is 28.4 Å². The molecule has 3 heterocycles. The predicted octanol–water partition coefficient (Wildman–Crippen LogP) is 6.15. The molecule has 0 spiro atoms. The van der Waals surface area contributed by atoms with E-state index in [1.807, 2.05) is 48.7 Å². The van der Waals surface area contributed by atoms with Crippen LogP contribution in [0, 0.1) is 5.92 Å². The van der Waals surface area contributed by atoms with E-state index in [0.29, 0.717) is 24.5 Å². The van der Waals surface area contributed by atoms with Crippen molar-refractivity contribution in [2.24, 2.45) is 5.92 Å². The fourth-order valence-corrected chi connectivity index (χ4v) is 6.18. The molecule has 1 aromatic heterocycles. The van der Waals surface area contributed by atoms with Crippen LogP contribution in [0.5, 0.6) is 11.5 Å². The van der Waals surface area contributed by atoms with E-state index in [2.05, 4.69) is 28.6 Å². The number of fused-ring (bicyclic) bond motifs is 3. The second-order valence-electron chi connectivity index (χ2n) is 10.8. The van der Waals surface area contributed by atoms with E-state index in [1.165, 1.54) is 12.8 Å². The molecule has 0 aliphatic carbocycles. The highest BCUT2D eigenvalue weighted by molar-refractivity contribution is 6.30. The molecular weight excluding hydrogens is 486 g/mol. The van der Waals surface area contributed by atoms with Gasteiger partial charge in [0.1, 0.15) is 17.6 Å². The highest BCUT2D eigenvalue weighted by atomic mass is 35.5. The van der Waals surface area contributed by atoms with Crippen molar-refractivity contribution in [1.82, 2.24) is 14.8 Å². The molecule has 2 aliphatic rings. The van der Waals surface area contributed by atoms with Crippen LogP contribution in [0.3, 0.4) is 0 Å². The smallest absolute Gasteiger partial charge is 0.253 e. The fourth-order valence-electron chi connectivity index (χ4n) is 6.05. The molecule has 2 bridgehead atoms. The standard InChI is InChI=1S/C30H38ClN3O3/c1-20(2)18-32-30(35)27-19-33(29-26(27)6-4-7-28(29)36-3)14-5-15-34-22-10-11-23(34)17-25(16-22)37-24-12-8-21(31)9-13-24/h4,6-9,12-13,19-20,22-23,25H,5,10-11,14-18H2,1-3H3,(H,32,35). The number of aryl methyl sites for hydroxylation is 1. The molecule has 198 valence electrons. The molecule has 2 saturated heterocycles. The molecule has 6 nitrogen and oxygen atoms in total. The summed E-state index contributed by atoms with van der Waals surface area (Å²) in [6, 6.07) is 14.8. The van der Waals surface area contributed by atoms with E-state index < -0.39 is 0 Å². The molecule has 2 atom stereocenters. The summed E-state index contributed by atoms with van der Waals surface area (Å²) in [6.45, 7) is 6.76. The van der Waals surface area contributed by atoms with Gasteiger partial charge in [0.05, 0.1) is 18.2 Å². The normalized spacial score (nSPS) is 21.5. The second-order valence-corrected chi connectivity index (χ2v) is 11.3. The Bertz CT molecular complexity index is 1210. The van der Waals surface area contributed by atoms with Crippen LogP contribution in [0.1, 0.15) is 56.3 Å². The molecule has 5 rings (SSSR count). The van der Waals surface area contributed by atoms with Crippen LogP contribution >= 0.6 is 11.6 Å². The molecule has 37 heavy (non-hydrogen) atoms. The number of piperidine rings is 1. The van der Waals surface area contributed by atoms with Gasteiger partial charge >= 0.3 is 0 Å². The molecule has 0 saturated carbocycles. The molecule has 7 heteroatoms. The van der Waals surface area contributed by atoms with Gasteiger partial charge in [-0.3, -0.25) is 9.69 Å². The lowest BCUT2D eigenvalue weighted by Crippen LogP contribution is -2.46. The number of benzene rings is 2. The summed E-state index contributed by atoms with van der Waals surface area (Å²) in [5, 5.41) is 4.75. The number of nitrogens with one attached hydrogen (secondary N) is 1. The van der Waals surface area contributed by atoms with Crippen LogP contribution in [0.15, 0.2) is 48.7 Å². The maximum Gasteiger partial charge on any atom is 0.253 e. The van der Waals surface area contributed by atoms with E-state index in [-0.39, 0.29) is 12.0 Å². The maximum atomic E-state index is 13.0. The van der Waals surface area contributed by atoms with Crippen molar-refractivity contribution in [3.63, 3.8) is 0 Å². The van der Waals surface area contributed by atoms with Gasteiger partial charge in [-0.15, -0.1) is 0 Å². The lowest BCUT2D eigenvalue weighted by Gasteiger charge is -2.39. The van der Waals surface area contributed by atoms with Gasteiger partial charge in [0.25, 0.3) is 5.91 Å². The summed E-state index contributed by atoms with van der Waals surface area (Å²) in [7, 11) is 1.69. The number of rotatable bonds is 10. The number of ether oxygens (including phenoxy) is 2. The Morgan fingerprint density at radius 2 is 1.81 bits per heavy atom. The quantitative estimate of drug-likeness (QED) is 0.346. The van der Waals surface area contributed by atoms with Gasteiger partial charge in [0.15, 0.2) is 0 Å². The summed E-state index contributed by atoms with van der Waals surface area (Å²) in [6.07, 6.45) is 7.91. The first kappa shape index (κ1) is 25.9. The van der Waals surface area contributed by atoms with Gasteiger partial charge in [-0.05, 0) is 68.4 Å². The second kappa shape index (κ2) is 11.4. The van der Waals surface area contributed by atoms with E-state index >= 15 is 0 Å². The van der Waals surface area contributed by atoms with E-state index in [0.717, 1.165) is 65.3 Å². The molecular formula is C30H38ClN3O3. The average molecular weight is 524 g/mol. The third kappa shape index (κ3) is 5.75. The first-order valence-corrected chi connectivity index (χ1v) is 13.9. The van der Waals surface area contributed by atoms with Gasteiger partial charge in [-0.1, -0.05) is 37.6 Å². The number of carbonyl (C=O) groups is 1. The molecule has 2 unspecified atom stereocenters. The van der Waals surface area contributed by atoms with Crippen molar-refractivity contribution in [2.75, 3.05) is 20.2 Å². The summed E-state index contributed by atoms with van der Waals surface area (Å²) in [4.78, 5) is 15.7. The Labute approximate surface area is 224 Å². The maximum absolute atomic E-state index is 13.0. The highest BCUT2D eigenvalue weighted by Gasteiger charge is 2.41. The Balaban J connectivity index is 1.23. The van der Waals surface area contributed by atoms with Gasteiger partial charge in [-0.25, -0.2) is 0 Å². The monoisotopic (exact) mass is 523 g/mol. The molecule has 2 fully saturated rings. The minimum atomic E-state index is -0.0218. The fraction of sp³-hybridized carbons (Fsp3) is 0.500. The molecule has 2 aromatic carbocycles. The number of carbonyl (C=O) groups excluding carboxylic acids is 1. The number of halogens is 1. The van der Waals surface area contributed by atoms with Crippen molar-refractivity contribution in [3.05, 3.63) is 59.2 Å². The average Bonchev–Trinajstić information content (AvgIpc) is 3.37. The lowest BCUT2D eigenvalue weighted by atomic mass is 9.99. The first-order chi connectivity index (χ1) is 17.9. The van der Waals surface area contributed by atoms with E-state index in [1.54, 1.807) is 7.11 Å². The van der Waals surface area contributed by atoms with Gasteiger partial charge in [0.2, 0.25) is 0 Å². The van der Waals surface area contributed by atoms with Crippen LogP contribution in [0.4, 0.5) is 0 Å². The zero-order valence-corrected chi connectivity index (χ0v) is 22.8. The molecule has 0 radical (unpaired) electrons. The zero-order valence-electron chi connectivity index (χ0n) is 22.1. The zero-order chi connectivity index (χ0) is 25.9. The first-order valence-electron chi connectivity index (χ1n) is 13.5. The van der Waals surface area contributed by atoms with Crippen molar-refractivity contribution in [2.45, 2.75) is 70.7 Å². The summed E-state index contributed by atoms with van der Waals surface area (Å²) in [5.41, 5.74) is 1.72. The van der Waals surface area contributed by atoms with E-state index in [4.69, 9.17) is 21.1 Å². The molecule has 3 aromatic rings. The van der Waals surface area contributed by atoms with Crippen molar-refractivity contribution in [1.29, 1.82) is 0 Å². The van der Waals surface area contributed by atoms with E-state index in [9.17, 15) is 4.79 Å². The number of methoxy groups -OCH3 is 1. The van der Waals surface area contributed by atoms with Crippen molar-refractivity contribution < 1.29 is 14.3 Å². The minimum Gasteiger partial charge on any atom is -0.495 e. The van der Waals surface area contributed by atoms with Crippen LogP contribution in [-0.4, -0.2) is 53.8 Å². The molecule has 1 N–H and O–H groups in total. The van der Waals surface area contributed by atoms with Gasteiger partial charge in [-0.2, -0.15) is 0 Å². The summed E-state index contributed by atoms with van der Waals surface area (Å²) in [5.74, 6) is 2.10.